The van der Waals surface area contributed by atoms with Crippen LogP contribution in [0.1, 0.15) is 0 Å². The number of fused-ring (bicyclic) bond motifs is 2. The number of methoxy groups -OCH3 is 1. The van der Waals surface area contributed by atoms with E-state index in [1.807, 2.05) is 0 Å². The average Bonchev–Trinajstić information content (AvgIpc) is 2.73. The van der Waals surface area contributed by atoms with Gasteiger partial charge in [-0.25, -0.2) is 9.59 Å². The Bertz CT molecular complexity index is 713. The van der Waals surface area contributed by atoms with Crippen LogP contribution in [0, 0.1) is 0 Å². The van der Waals surface area contributed by atoms with Gasteiger partial charge in [-0.05, 0) is 0 Å². The minimum atomic E-state index is -0.830. The van der Waals surface area contributed by atoms with Crippen molar-refractivity contribution in [3.8, 4) is 17.2 Å². The summed E-state index contributed by atoms with van der Waals surface area (Å²) < 4.78 is 19.9. The number of benzene rings is 1. The first kappa shape index (κ1) is 9.76. The average molecular weight is 237 g/mol. The highest BCUT2D eigenvalue weighted by molar-refractivity contribution is 5.89. The van der Waals surface area contributed by atoms with E-state index in [4.69, 9.17) is 14.2 Å². The van der Waals surface area contributed by atoms with Crippen molar-refractivity contribution in [1.29, 1.82) is 0 Å². The van der Waals surface area contributed by atoms with Crippen molar-refractivity contribution >= 4 is 10.9 Å². The summed E-state index contributed by atoms with van der Waals surface area (Å²) in [6, 6.07) is 1.50. The van der Waals surface area contributed by atoms with Crippen LogP contribution in [0.4, 0.5) is 0 Å². The van der Waals surface area contributed by atoms with Gasteiger partial charge in [0.05, 0.1) is 12.6 Å². The predicted octanol–water partition coefficient (Wildman–Crippen LogP) is 0.219. The fraction of sp³-hybridized carbons (Fsp3) is 0.200. The third-order valence-corrected chi connectivity index (χ3v) is 2.45. The molecule has 1 aliphatic rings. The topological polar surface area (TPSA) is 90.8 Å². The second-order valence-electron chi connectivity index (χ2n) is 3.37. The number of ether oxygens (including phenoxy) is 3. The van der Waals surface area contributed by atoms with E-state index >= 15 is 0 Å². The van der Waals surface area contributed by atoms with Crippen LogP contribution in [0.5, 0.6) is 17.2 Å². The Hall–Kier alpha value is -2.44. The second-order valence-corrected chi connectivity index (χ2v) is 3.37. The molecule has 1 N–H and O–H groups in total. The highest BCUT2D eigenvalue weighted by atomic mass is 16.7. The first-order valence-electron chi connectivity index (χ1n) is 4.74. The van der Waals surface area contributed by atoms with Crippen molar-refractivity contribution in [2.45, 2.75) is 0 Å². The quantitative estimate of drug-likeness (QED) is 0.762. The standard InChI is InChI=1S/C10H7NO6/c1-14-8-6-4(11-10(13)17-9(6)12)2-5-7(8)16-3-15-5/h2H,3H2,1H3,(H,11,13). The second kappa shape index (κ2) is 3.27. The fourth-order valence-corrected chi connectivity index (χ4v) is 1.78. The van der Waals surface area contributed by atoms with E-state index < -0.39 is 11.4 Å². The summed E-state index contributed by atoms with van der Waals surface area (Å²) in [6.45, 7) is 0.0393. The molecule has 0 atom stereocenters. The van der Waals surface area contributed by atoms with Crippen molar-refractivity contribution in [2.75, 3.05) is 13.9 Å². The Morgan fingerprint density at radius 2 is 2.18 bits per heavy atom. The molecule has 0 radical (unpaired) electrons. The zero-order chi connectivity index (χ0) is 12.0. The van der Waals surface area contributed by atoms with Crippen molar-refractivity contribution in [3.05, 3.63) is 27.0 Å². The van der Waals surface area contributed by atoms with Crippen molar-refractivity contribution in [1.82, 2.24) is 4.98 Å². The van der Waals surface area contributed by atoms with Crippen LogP contribution in [-0.4, -0.2) is 18.9 Å². The molecule has 0 aliphatic carbocycles. The maximum absolute atomic E-state index is 11.6. The smallest absolute Gasteiger partial charge is 0.419 e. The summed E-state index contributed by atoms with van der Waals surface area (Å²) in [5.74, 6) is 0.110. The van der Waals surface area contributed by atoms with E-state index in [1.54, 1.807) is 0 Å². The molecule has 2 aromatic rings. The Morgan fingerprint density at radius 1 is 1.35 bits per heavy atom. The van der Waals surface area contributed by atoms with Gasteiger partial charge in [-0.15, -0.1) is 0 Å². The molecule has 88 valence electrons. The molecular weight excluding hydrogens is 230 g/mol. The lowest BCUT2D eigenvalue weighted by molar-refractivity contribution is 0.171. The molecule has 3 rings (SSSR count). The van der Waals surface area contributed by atoms with Gasteiger partial charge in [-0.2, -0.15) is 0 Å². The third-order valence-electron chi connectivity index (χ3n) is 2.45. The van der Waals surface area contributed by atoms with Crippen LogP contribution in [0.25, 0.3) is 10.9 Å². The van der Waals surface area contributed by atoms with E-state index in [1.165, 1.54) is 13.2 Å². The van der Waals surface area contributed by atoms with Gasteiger partial charge in [-0.3, -0.25) is 4.98 Å². The maximum Gasteiger partial charge on any atom is 0.419 e. The lowest BCUT2D eigenvalue weighted by Crippen LogP contribution is -2.15. The Kier molecular flexibility index (Phi) is 1.88. The van der Waals surface area contributed by atoms with Gasteiger partial charge in [0.25, 0.3) is 0 Å². The molecule has 1 aromatic heterocycles. The summed E-state index contributed by atoms with van der Waals surface area (Å²) in [5.41, 5.74) is -0.494. The lowest BCUT2D eigenvalue weighted by Gasteiger charge is -2.06. The van der Waals surface area contributed by atoms with Gasteiger partial charge in [0, 0.05) is 6.07 Å². The number of aromatic amines is 1. The van der Waals surface area contributed by atoms with Gasteiger partial charge >= 0.3 is 11.4 Å². The summed E-state index contributed by atoms with van der Waals surface area (Å²) in [4.78, 5) is 25.1. The Labute approximate surface area is 93.5 Å². The molecule has 2 heterocycles. The van der Waals surface area contributed by atoms with Crippen molar-refractivity contribution in [2.24, 2.45) is 0 Å². The molecule has 0 fully saturated rings. The fourth-order valence-electron chi connectivity index (χ4n) is 1.78. The summed E-state index contributed by atoms with van der Waals surface area (Å²) in [6.07, 6.45) is 0. The molecule has 0 saturated carbocycles. The number of rotatable bonds is 1. The molecule has 0 amide bonds. The van der Waals surface area contributed by atoms with Crippen LogP contribution in [0.15, 0.2) is 20.1 Å². The first-order chi connectivity index (χ1) is 8.20. The molecular formula is C10H7NO6. The van der Waals surface area contributed by atoms with Gasteiger partial charge in [-0.1, -0.05) is 0 Å². The van der Waals surface area contributed by atoms with E-state index in [0.29, 0.717) is 11.5 Å². The monoisotopic (exact) mass is 237 g/mol. The number of H-pyrrole nitrogens is 1. The van der Waals surface area contributed by atoms with Crippen LogP contribution < -0.4 is 25.6 Å². The summed E-state index contributed by atoms with van der Waals surface area (Å²) in [7, 11) is 1.39. The molecule has 1 aliphatic heterocycles. The summed E-state index contributed by atoms with van der Waals surface area (Å²) >= 11 is 0. The first-order valence-corrected chi connectivity index (χ1v) is 4.74. The maximum atomic E-state index is 11.6. The van der Waals surface area contributed by atoms with Crippen molar-refractivity contribution in [3.63, 3.8) is 0 Å². The highest BCUT2D eigenvalue weighted by Gasteiger charge is 2.24. The largest absolute Gasteiger partial charge is 0.492 e. The number of hydrogen-bond donors (Lipinski definition) is 1. The highest BCUT2D eigenvalue weighted by Crippen LogP contribution is 2.44. The molecule has 1 aromatic carbocycles. The van der Waals surface area contributed by atoms with E-state index in [0.717, 1.165) is 0 Å². The van der Waals surface area contributed by atoms with Crippen LogP contribution in [0.2, 0.25) is 0 Å². The van der Waals surface area contributed by atoms with Gasteiger partial charge in [0.15, 0.2) is 11.5 Å². The lowest BCUT2D eigenvalue weighted by atomic mass is 10.2. The predicted molar refractivity (Wildman–Crippen MR) is 55.8 cm³/mol. The van der Waals surface area contributed by atoms with Gasteiger partial charge in [0.1, 0.15) is 5.39 Å². The molecule has 17 heavy (non-hydrogen) atoms. The van der Waals surface area contributed by atoms with Crippen LogP contribution in [-0.2, 0) is 0 Å². The number of aromatic nitrogens is 1. The van der Waals surface area contributed by atoms with Crippen molar-refractivity contribution < 1.29 is 18.6 Å². The minimum absolute atomic E-state index is 0.0393. The van der Waals surface area contributed by atoms with Gasteiger partial charge < -0.3 is 18.6 Å². The Balaban J connectivity index is 2.54. The molecule has 0 saturated heterocycles. The molecule has 0 unspecified atom stereocenters. The van der Waals surface area contributed by atoms with Crippen LogP contribution in [0.3, 0.4) is 0 Å². The minimum Gasteiger partial charge on any atom is -0.492 e. The Morgan fingerprint density at radius 3 is 2.94 bits per heavy atom. The molecule has 7 heteroatoms. The zero-order valence-electron chi connectivity index (χ0n) is 8.73. The number of nitrogens with one attached hydrogen (secondary N) is 1. The van der Waals surface area contributed by atoms with E-state index in [2.05, 4.69) is 9.40 Å². The number of hydrogen-bond acceptors (Lipinski definition) is 6. The van der Waals surface area contributed by atoms with E-state index in [9.17, 15) is 9.59 Å². The zero-order valence-corrected chi connectivity index (χ0v) is 8.73. The van der Waals surface area contributed by atoms with Gasteiger partial charge in [0.2, 0.25) is 12.5 Å². The third kappa shape index (κ3) is 1.28. The molecule has 7 nitrogen and oxygen atoms in total. The molecule has 0 spiro atoms. The normalized spacial score (nSPS) is 13.0. The van der Waals surface area contributed by atoms with E-state index in [-0.39, 0.29) is 23.4 Å². The molecule has 0 bridgehead atoms. The van der Waals surface area contributed by atoms with Crippen LogP contribution >= 0.6 is 0 Å². The SMILES string of the molecule is COc1c2c(cc3[nH]c(=O)oc(=O)c13)OCO2. The summed E-state index contributed by atoms with van der Waals surface area (Å²) in [5, 5.41) is 0.122.